The van der Waals surface area contributed by atoms with E-state index >= 15 is 0 Å². The molecule has 0 saturated heterocycles. The van der Waals surface area contributed by atoms with Crippen LogP contribution in [0.4, 0.5) is 0 Å². The zero-order valence-corrected chi connectivity index (χ0v) is 17.2. The topological polar surface area (TPSA) is 231 Å². The van der Waals surface area contributed by atoms with Gasteiger partial charge >= 0.3 is 11.9 Å². The van der Waals surface area contributed by atoms with Gasteiger partial charge in [0.2, 0.25) is 23.6 Å². The third-order valence-electron chi connectivity index (χ3n) is 3.71. The van der Waals surface area contributed by atoms with Crippen molar-refractivity contribution >= 4 is 47.3 Å². The highest BCUT2D eigenvalue weighted by molar-refractivity contribution is 7.98. The molecule has 4 amide bonds. The second-order valence-corrected chi connectivity index (χ2v) is 7.21. The number of carboxylic acid groups (broad SMARTS) is 2. The Morgan fingerprint density at radius 1 is 0.967 bits per heavy atom. The van der Waals surface area contributed by atoms with E-state index in [9.17, 15) is 28.8 Å². The first kappa shape index (κ1) is 27.1. The van der Waals surface area contributed by atoms with E-state index in [0.29, 0.717) is 12.2 Å². The molecule has 0 fully saturated rings. The SMILES string of the molecule is CSCCC(N)C(=O)NC(CCC(=O)O)C(=O)NCC(=O)NC(CC(N)=O)C(=O)O. The molecular weight excluding hydrogens is 422 g/mol. The Morgan fingerprint density at radius 2 is 1.60 bits per heavy atom. The second-order valence-electron chi connectivity index (χ2n) is 6.23. The van der Waals surface area contributed by atoms with Crippen LogP contribution in [-0.2, 0) is 28.8 Å². The fourth-order valence-electron chi connectivity index (χ4n) is 2.13. The van der Waals surface area contributed by atoms with E-state index in [2.05, 4.69) is 10.6 Å². The lowest BCUT2D eigenvalue weighted by Gasteiger charge is -2.20. The van der Waals surface area contributed by atoms with Crippen LogP contribution in [0.2, 0.25) is 0 Å². The van der Waals surface area contributed by atoms with Crippen LogP contribution in [0.15, 0.2) is 0 Å². The summed E-state index contributed by atoms with van der Waals surface area (Å²) < 4.78 is 0. The van der Waals surface area contributed by atoms with Crippen LogP contribution in [0.25, 0.3) is 0 Å². The maximum atomic E-state index is 12.3. The molecule has 0 radical (unpaired) electrons. The molecule has 0 saturated carbocycles. The Bertz CT molecular complexity index is 660. The molecule has 3 unspecified atom stereocenters. The normalized spacial score (nSPS) is 13.4. The lowest BCUT2D eigenvalue weighted by molar-refractivity contribution is -0.143. The molecule has 3 atom stereocenters. The molecule has 0 aromatic carbocycles. The van der Waals surface area contributed by atoms with Crippen LogP contribution in [0.3, 0.4) is 0 Å². The van der Waals surface area contributed by atoms with Crippen LogP contribution in [0.5, 0.6) is 0 Å². The molecule has 0 aromatic heterocycles. The third kappa shape index (κ3) is 11.9. The minimum Gasteiger partial charge on any atom is -0.481 e. The number of hydrogen-bond acceptors (Lipinski definition) is 8. The van der Waals surface area contributed by atoms with Crippen molar-refractivity contribution < 1.29 is 39.0 Å². The first-order valence-corrected chi connectivity index (χ1v) is 10.2. The predicted molar refractivity (Wildman–Crippen MR) is 106 cm³/mol. The second kappa shape index (κ2) is 14.2. The summed E-state index contributed by atoms with van der Waals surface area (Å²) in [5.41, 5.74) is 10.6. The van der Waals surface area contributed by atoms with Gasteiger partial charge in [0.05, 0.1) is 19.0 Å². The highest BCUT2D eigenvalue weighted by Crippen LogP contribution is 2.02. The first-order valence-electron chi connectivity index (χ1n) is 8.82. The fraction of sp³-hybridized carbons (Fsp3) is 0.625. The highest BCUT2D eigenvalue weighted by atomic mass is 32.2. The molecule has 9 N–H and O–H groups in total. The van der Waals surface area contributed by atoms with Crippen molar-refractivity contribution in [2.24, 2.45) is 11.5 Å². The van der Waals surface area contributed by atoms with Gasteiger partial charge in [0.25, 0.3) is 0 Å². The molecule has 14 heteroatoms. The van der Waals surface area contributed by atoms with Crippen molar-refractivity contribution in [1.82, 2.24) is 16.0 Å². The van der Waals surface area contributed by atoms with Crippen molar-refractivity contribution in [2.45, 2.75) is 43.8 Å². The van der Waals surface area contributed by atoms with Gasteiger partial charge < -0.3 is 37.6 Å². The minimum atomic E-state index is -1.57. The molecule has 0 rings (SSSR count). The van der Waals surface area contributed by atoms with Crippen LogP contribution >= 0.6 is 11.8 Å². The fourth-order valence-corrected chi connectivity index (χ4v) is 2.62. The van der Waals surface area contributed by atoms with Crippen molar-refractivity contribution in [3.63, 3.8) is 0 Å². The van der Waals surface area contributed by atoms with Crippen LogP contribution in [-0.4, -0.2) is 82.5 Å². The van der Waals surface area contributed by atoms with E-state index in [1.54, 1.807) is 0 Å². The number of nitrogens with one attached hydrogen (secondary N) is 3. The van der Waals surface area contributed by atoms with Gasteiger partial charge in [-0.05, 0) is 24.9 Å². The molecule has 0 heterocycles. The molecule has 0 aliphatic carbocycles. The average Bonchev–Trinajstić information content (AvgIpc) is 2.65. The molecule has 30 heavy (non-hydrogen) atoms. The summed E-state index contributed by atoms with van der Waals surface area (Å²) in [6.07, 6.45) is 0.865. The van der Waals surface area contributed by atoms with E-state index in [-0.39, 0.29) is 6.42 Å². The summed E-state index contributed by atoms with van der Waals surface area (Å²) in [5.74, 6) is -5.43. The van der Waals surface area contributed by atoms with Gasteiger partial charge in [-0.1, -0.05) is 0 Å². The number of carboxylic acids is 2. The Morgan fingerprint density at radius 3 is 2.10 bits per heavy atom. The van der Waals surface area contributed by atoms with Crippen LogP contribution in [0, 0.1) is 0 Å². The number of hydrogen-bond donors (Lipinski definition) is 7. The zero-order valence-electron chi connectivity index (χ0n) is 16.4. The Hall–Kier alpha value is -2.87. The molecule has 13 nitrogen and oxygen atoms in total. The van der Waals surface area contributed by atoms with Gasteiger partial charge in [-0.3, -0.25) is 24.0 Å². The van der Waals surface area contributed by atoms with E-state index in [4.69, 9.17) is 21.7 Å². The summed E-state index contributed by atoms with van der Waals surface area (Å²) in [6, 6.07) is -3.72. The Balaban J connectivity index is 4.88. The van der Waals surface area contributed by atoms with Crippen LogP contribution < -0.4 is 27.4 Å². The molecule has 0 aromatic rings. The minimum absolute atomic E-state index is 0.247. The summed E-state index contributed by atoms with van der Waals surface area (Å²) in [6.45, 7) is -0.667. The summed E-state index contributed by atoms with van der Waals surface area (Å²) in [4.78, 5) is 68.9. The molecule has 170 valence electrons. The van der Waals surface area contributed by atoms with E-state index in [0.717, 1.165) is 0 Å². The van der Waals surface area contributed by atoms with Crippen molar-refractivity contribution in [3.8, 4) is 0 Å². The number of rotatable bonds is 15. The van der Waals surface area contributed by atoms with E-state index < -0.39 is 73.1 Å². The van der Waals surface area contributed by atoms with Crippen molar-refractivity contribution in [3.05, 3.63) is 0 Å². The number of carbonyl (C=O) groups is 6. The largest absolute Gasteiger partial charge is 0.481 e. The number of nitrogens with two attached hydrogens (primary N) is 2. The number of aliphatic carboxylic acids is 2. The highest BCUT2D eigenvalue weighted by Gasteiger charge is 2.26. The lowest BCUT2D eigenvalue weighted by Crippen LogP contribution is -2.53. The quantitative estimate of drug-likeness (QED) is 0.134. The maximum absolute atomic E-state index is 12.3. The van der Waals surface area contributed by atoms with E-state index in [1.807, 2.05) is 11.6 Å². The van der Waals surface area contributed by atoms with Gasteiger partial charge in [0.1, 0.15) is 12.1 Å². The third-order valence-corrected chi connectivity index (χ3v) is 4.36. The van der Waals surface area contributed by atoms with E-state index in [1.165, 1.54) is 11.8 Å². The smallest absolute Gasteiger partial charge is 0.326 e. The van der Waals surface area contributed by atoms with Crippen LogP contribution in [0.1, 0.15) is 25.7 Å². The molecule has 0 aliphatic rings. The summed E-state index contributed by atoms with van der Waals surface area (Å²) in [7, 11) is 0. The van der Waals surface area contributed by atoms with Crippen molar-refractivity contribution in [1.29, 1.82) is 0 Å². The summed E-state index contributed by atoms with van der Waals surface area (Å²) in [5, 5.41) is 24.3. The van der Waals surface area contributed by atoms with Gasteiger partial charge in [0.15, 0.2) is 0 Å². The lowest BCUT2D eigenvalue weighted by atomic mass is 10.1. The Labute approximate surface area is 176 Å². The number of carbonyl (C=O) groups excluding carboxylic acids is 4. The first-order chi connectivity index (χ1) is 14.0. The number of amides is 4. The average molecular weight is 449 g/mol. The molecule has 0 spiro atoms. The van der Waals surface area contributed by atoms with Gasteiger partial charge in [-0.25, -0.2) is 4.79 Å². The molecule has 0 bridgehead atoms. The van der Waals surface area contributed by atoms with Gasteiger partial charge in [-0.15, -0.1) is 0 Å². The molecule has 0 aliphatic heterocycles. The number of primary amides is 1. The Kier molecular flexibility index (Phi) is 12.8. The van der Waals surface area contributed by atoms with Crippen molar-refractivity contribution in [2.75, 3.05) is 18.6 Å². The monoisotopic (exact) mass is 449 g/mol. The standard InChI is InChI=1S/C16H27N5O8S/c1-30-5-4-8(17)14(26)21-9(2-3-13(24)25)15(27)19-7-12(23)20-10(16(28)29)6-11(18)22/h8-10H,2-7,17H2,1H3,(H2,18,22)(H,19,27)(H,20,23)(H,21,26)(H,24,25)(H,28,29). The summed E-state index contributed by atoms with van der Waals surface area (Å²) >= 11 is 1.48. The number of thioether (sulfide) groups is 1. The van der Waals surface area contributed by atoms with Gasteiger partial charge in [-0.2, -0.15) is 11.8 Å². The molecular formula is C16H27N5O8S. The van der Waals surface area contributed by atoms with Gasteiger partial charge in [0, 0.05) is 6.42 Å². The zero-order chi connectivity index (χ0) is 23.3. The maximum Gasteiger partial charge on any atom is 0.326 e. The predicted octanol–water partition coefficient (Wildman–Crippen LogP) is -3.02.